The Kier molecular flexibility index (Phi) is 3.79. The van der Waals surface area contributed by atoms with E-state index in [1.807, 2.05) is 13.8 Å². The smallest absolute Gasteiger partial charge is 0.312 e. The first-order valence-electron chi connectivity index (χ1n) is 8.96. The molecular formula is C19H25N3OS. The lowest BCUT2D eigenvalue weighted by Gasteiger charge is -2.22. The van der Waals surface area contributed by atoms with E-state index in [0.29, 0.717) is 5.92 Å². The molecule has 0 atom stereocenters. The first-order chi connectivity index (χ1) is 11.4. The summed E-state index contributed by atoms with van der Waals surface area (Å²) >= 11 is 1.70. The first-order valence-corrected chi connectivity index (χ1v) is 9.78. The van der Waals surface area contributed by atoms with Crippen LogP contribution in [-0.4, -0.2) is 11.0 Å². The highest BCUT2D eigenvalue weighted by Crippen LogP contribution is 2.46. The Morgan fingerprint density at radius 1 is 1.21 bits per heavy atom. The molecule has 0 saturated heterocycles. The predicted octanol–water partition coefficient (Wildman–Crippen LogP) is 4.73. The highest BCUT2D eigenvalue weighted by atomic mass is 32.1. The largest absolute Gasteiger partial charge is 0.352 e. The van der Waals surface area contributed by atoms with Gasteiger partial charge in [-0.1, -0.05) is 18.9 Å². The lowest BCUT2D eigenvalue weighted by atomic mass is 9.93. The minimum atomic E-state index is -0.539. The van der Waals surface area contributed by atoms with Crippen molar-refractivity contribution in [2.24, 2.45) is 5.73 Å². The highest BCUT2D eigenvalue weighted by Gasteiger charge is 2.30. The van der Waals surface area contributed by atoms with Gasteiger partial charge in [0.1, 0.15) is 5.01 Å². The van der Waals surface area contributed by atoms with Crippen LogP contribution in [0.1, 0.15) is 80.3 Å². The van der Waals surface area contributed by atoms with Crippen LogP contribution < -0.4 is 11.1 Å². The van der Waals surface area contributed by atoms with Gasteiger partial charge in [-0.15, -0.1) is 11.3 Å². The molecule has 4 nitrogen and oxygen atoms in total. The maximum atomic E-state index is 11.3. The average molecular weight is 343 g/mol. The van der Waals surface area contributed by atoms with E-state index in [9.17, 15) is 4.79 Å². The Balaban J connectivity index is 1.82. The SMILES string of the molecule is CC(C)(NC(N)=O)c1nc2c(C3CCCC3)cc(C3CC3)cc2s1. The molecule has 0 bridgehead atoms. The van der Waals surface area contributed by atoms with E-state index in [-0.39, 0.29) is 0 Å². The number of fused-ring (bicyclic) bond motifs is 1. The molecule has 2 aliphatic carbocycles. The van der Waals surface area contributed by atoms with Crippen LogP contribution in [0.3, 0.4) is 0 Å². The summed E-state index contributed by atoms with van der Waals surface area (Å²) in [5.41, 5.74) is 8.86. The van der Waals surface area contributed by atoms with E-state index in [2.05, 4.69) is 17.4 Å². The van der Waals surface area contributed by atoms with Gasteiger partial charge in [-0.25, -0.2) is 9.78 Å². The fraction of sp³-hybridized carbons (Fsp3) is 0.579. The topological polar surface area (TPSA) is 68.0 Å². The van der Waals surface area contributed by atoms with Crippen molar-refractivity contribution in [2.75, 3.05) is 0 Å². The van der Waals surface area contributed by atoms with Crippen molar-refractivity contribution in [3.63, 3.8) is 0 Å². The number of nitrogens with zero attached hydrogens (tertiary/aromatic N) is 1. The fourth-order valence-electron chi connectivity index (χ4n) is 3.91. The summed E-state index contributed by atoms with van der Waals surface area (Å²) in [5.74, 6) is 1.39. The van der Waals surface area contributed by atoms with Crippen LogP contribution in [0.4, 0.5) is 4.79 Å². The summed E-state index contributed by atoms with van der Waals surface area (Å²) in [7, 11) is 0. The zero-order chi connectivity index (χ0) is 16.9. The van der Waals surface area contributed by atoms with Crippen LogP contribution in [0.2, 0.25) is 0 Å². The fourth-order valence-corrected chi connectivity index (χ4v) is 5.01. The normalized spacial score (nSPS) is 19.1. The number of nitrogens with two attached hydrogens (primary N) is 1. The van der Waals surface area contributed by atoms with E-state index in [1.54, 1.807) is 11.3 Å². The minimum absolute atomic E-state index is 0.506. The second-order valence-corrected chi connectivity index (χ2v) is 8.88. The number of rotatable bonds is 4. The van der Waals surface area contributed by atoms with Gasteiger partial charge in [0, 0.05) is 0 Å². The third-order valence-corrected chi connectivity index (χ3v) is 6.69. The monoisotopic (exact) mass is 343 g/mol. The molecule has 0 radical (unpaired) electrons. The standard InChI is InChI=1S/C19H25N3OS/c1-19(2,22-18(20)23)17-21-16-14(12-5-3-4-6-12)9-13(11-7-8-11)10-15(16)24-17/h9-12H,3-8H2,1-2H3,(H3,20,22,23). The van der Waals surface area contributed by atoms with Crippen molar-refractivity contribution in [3.8, 4) is 0 Å². The van der Waals surface area contributed by atoms with Crippen LogP contribution >= 0.6 is 11.3 Å². The number of primary amides is 1. The first kappa shape index (κ1) is 15.9. The van der Waals surface area contributed by atoms with Gasteiger partial charge in [0.15, 0.2) is 0 Å². The van der Waals surface area contributed by atoms with E-state index in [1.165, 1.54) is 54.4 Å². The molecule has 0 unspecified atom stereocenters. The third kappa shape index (κ3) is 2.90. The molecule has 3 N–H and O–H groups in total. The number of hydrogen-bond donors (Lipinski definition) is 2. The van der Waals surface area contributed by atoms with E-state index in [4.69, 9.17) is 10.7 Å². The molecule has 0 spiro atoms. The van der Waals surface area contributed by atoms with Gasteiger partial charge in [0.2, 0.25) is 0 Å². The molecule has 2 aromatic rings. The number of benzene rings is 1. The Morgan fingerprint density at radius 2 is 1.92 bits per heavy atom. The van der Waals surface area contributed by atoms with Crippen molar-refractivity contribution >= 4 is 27.6 Å². The number of thiazole rings is 1. The zero-order valence-corrected chi connectivity index (χ0v) is 15.2. The molecule has 1 aromatic heterocycles. The zero-order valence-electron chi connectivity index (χ0n) is 14.4. The molecule has 2 aliphatic rings. The highest BCUT2D eigenvalue weighted by molar-refractivity contribution is 7.18. The van der Waals surface area contributed by atoms with E-state index in [0.717, 1.165) is 16.4 Å². The van der Waals surface area contributed by atoms with E-state index < -0.39 is 11.6 Å². The average Bonchev–Trinajstić information content (AvgIpc) is 3.04. The molecule has 24 heavy (non-hydrogen) atoms. The summed E-state index contributed by atoms with van der Waals surface area (Å²) in [4.78, 5) is 16.3. The quantitative estimate of drug-likeness (QED) is 0.842. The number of nitrogens with one attached hydrogen (secondary N) is 1. The van der Waals surface area contributed by atoms with Crippen molar-refractivity contribution in [2.45, 2.75) is 69.7 Å². The van der Waals surface area contributed by atoms with Crippen molar-refractivity contribution in [3.05, 3.63) is 28.3 Å². The molecule has 2 amide bonds. The van der Waals surface area contributed by atoms with Gasteiger partial charge in [0.05, 0.1) is 15.8 Å². The number of aromatic nitrogens is 1. The number of hydrogen-bond acceptors (Lipinski definition) is 3. The summed E-state index contributed by atoms with van der Waals surface area (Å²) in [6.07, 6.45) is 7.83. The summed E-state index contributed by atoms with van der Waals surface area (Å²) in [6.45, 7) is 3.93. The van der Waals surface area contributed by atoms with Crippen molar-refractivity contribution < 1.29 is 4.79 Å². The molecule has 1 heterocycles. The van der Waals surface area contributed by atoms with Crippen LogP contribution in [-0.2, 0) is 5.54 Å². The lowest BCUT2D eigenvalue weighted by molar-refractivity contribution is 0.238. The molecule has 2 saturated carbocycles. The number of carbonyl (C=O) groups is 1. The van der Waals surface area contributed by atoms with Crippen molar-refractivity contribution in [1.82, 2.24) is 10.3 Å². The van der Waals surface area contributed by atoms with Crippen LogP contribution in [0.5, 0.6) is 0 Å². The predicted molar refractivity (Wildman–Crippen MR) is 98.5 cm³/mol. The molecule has 4 rings (SSSR count). The molecule has 1 aromatic carbocycles. The molecule has 5 heteroatoms. The Hall–Kier alpha value is -1.62. The molecule has 0 aliphatic heterocycles. The van der Waals surface area contributed by atoms with Gasteiger partial charge in [-0.05, 0) is 68.6 Å². The van der Waals surface area contributed by atoms with Gasteiger partial charge < -0.3 is 11.1 Å². The number of amides is 2. The van der Waals surface area contributed by atoms with E-state index >= 15 is 0 Å². The van der Waals surface area contributed by atoms with Gasteiger partial charge in [0.25, 0.3) is 0 Å². The Bertz CT molecular complexity index is 785. The summed E-state index contributed by atoms with van der Waals surface area (Å²) < 4.78 is 1.26. The molecular weight excluding hydrogens is 318 g/mol. The van der Waals surface area contributed by atoms with Crippen LogP contribution in [0.15, 0.2) is 12.1 Å². The lowest BCUT2D eigenvalue weighted by Crippen LogP contribution is -2.43. The minimum Gasteiger partial charge on any atom is -0.352 e. The van der Waals surface area contributed by atoms with Gasteiger partial charge >= 0.3 is 6.03 Å². The maximum Gasteiger partial charge on any atom is 0.312 e. The summed E-state index contributed by atoms with van der Waals surface area (Å²) in [6, 6.07) is 4.25. The van der Waals surface area contributed by atoms with Crippen LogP contribution in [0, 0.1) is 0 Å². The number of carbonyl (C=O) groups excluding carboxylic acids is 1. The second-order valence-electron chi connectivity index (χ2n) is 7.85. The molecule has 128 valence electrons. The Labute approximate surface area is 146 Å². The Morgan fingerprint density at radius 3 is 2.54 bits per heavy atom. The second kappa shape index (κ2) is 5.73. The maximum absolute atomic E-state index is 11.3. The molecule has 2 fully saturated rings. The van der Waals surface area contributed by atoms with Gasteiger partial charge in [-0.3, -0.25) is 0 Å². The summed E-state index contributed by atoms with van der Waals surface area (Å²) in [5, 5.41) is 3.76. The van der Waals surface area contributed by atoms with Crippen LogP contribution in [0.25, 0.3) is 10.2 Å². The third-order valence-electron chi connectivity index (χ3n) is 5.36. The number of urea groups is 1. The van der Waals surface area contributed by atoms with Crippen molar-refractivity contribution in [1.29, 1.82) is 0 Å². The van der Waals surface area contributed by atoms with Gasteiger partial charge in [-0.2, -0.15) is 0 Å².